The van der Waals surface area contributed by atoms with E-state index in [1.807, 2.05) is 7.11 Å². The van der Waals surface area contributed by atoms with E-state index in [2.05, 4.69) is 39.6 Å². The number of likely N-dealkylation sites (N-methyl/N-ethyl adjacent to an activating group) is 1. The van der Waals surface area contributed by atoms with Crippen LogP contribution in [0.3, 0.4) is 0 Å². The first-order valence-corrected chi connectivity index (χ1v) is 6.49. The Kier molecular flexibility index (Phi) is 7.69. The first kappa shape index (κ1) is 15.7. The van der Waals surface area contributed by atoms with Gasteiger partial charge in [0.15, 0.2) is 0 Å². The van der Waals surface area contributed by atoms with E-state index in [1.54, 1.807) is 0 Å². The summed E-state index contributed by atoms with van der Waals surface area (Å²) in [4.78, 5) is 0. The SMILES string of the molecule is C=C(C)CCC(NCC)C(CC)(CC)OC. The van der Waals surface area contributed by atoms with Gasteiger partial charge in [-0.2, -0.15) is 0 Å². The van der Waals surface area contributed by atoms with Gasteiger partial charge < -0.3 is 10.1 Å². The molecule has 1 unspecified atom stereocenters. The molecular weight excluding hydrogens is 198 g/mol. The van der Waals surface area contributed by atoms with Crippen LogP contribution >= 0.6 is 0 Å². The van der Waals surface area contributed by atoms with Crippen LogP contribution in [0.25, 0.3) is 0 Å². The van der Waals surface area contributed by atoms with Gasteiger partial charge in [-0.15, -0.1) is 6.58 Å². The molecule has 0 aromatic carbocycles. The first-order valence-electron chi connectivity index (χ1n) is 6.49. The number of hydrogen-bond donors (Lipinski definition) is 1. The summed E-state index contributed by atoms with van der Waals surface area (Å²) in [5.41, 5.74) is 1.23. The predicted molar refractivity (Wildman–Crippen MR) is 71.8 cm³/mol. The van der Waals surface area contributed by atoms with Crippen molar-refractivity contribution in [1.29, 1.82) is 0 Å². The van der Waals surface area contributed by atoms with Gasteiger partial charge in [0.25, 0.3) is 0 Å². The molecule has 0 saturated carbocycles. The van der Waals surface area contributed by atoms with Gasteiger partial charge in [-0.3, -0.25) is 0 Å². The van der Waals surface area contributed by atoms with Gasteiger partial charge in [0.05, 0.1) is 5.60 Å². The minimum Gasteiger partial charge on any atom is -0.377 e. The highest BCUT2D eigenvalue weighted by Crippen LogP contribution is 2.27. The Balaban J connectivity index is 4.62. The third-order valence-corrected chi connectivity index (χ3v) is 3.55. The fraction of sp³-hybridized carbons (Fsp3) is 0.857. The second-order valence-electron chi connectivity index (χ2n) is 4.58. The van der Waals surface area contributed by atoms with Gasteiger partial charge in [-0.1, -0.05) is 26.3 Å². The van der Waals surface area contributed by atoms with Crippen LogP contribution < -0.4 is 5.32 Å². The molecule has 0 aliphatic carbocycles. The zero-order valence-electron chi connectivity index (χ0n) is 11.7. The molecule has 2 nitrogen and oxygen atoms in total. The molecule has 16 heavy (non-hydrogen) atoms. The number of rotatable bonds is 9. The van der Waals surface area contributed by atoms with E-state index in [1.165, 1.54) is 5.57 Å². The highest BCUT2D eigenvalue weighted by molar-refractivity contribution is 4.96. The van der Waals surface area contributed by atoms with E-state index < -0.39 is 0 Å². The highest BCUT2D eigenvalue weighted by atomic mass is 16.5. The van der Waals surface area contributed by atoms with Crippen molar-refractivity contribution in [1.82, 2.24) is 5.32 Å². The van der Waals surface area contributed by atoms with Gasteiger partial charge in [-0.25, -0.2) is 0 Å². The summed E-state index contributed by atoms with van der Waals surface area (Å²) in [7, 11) is 1.83. The number of hydrogen-bond acceptors (Lipinski definition) is 2. The zero-order valence-corrected chi connectivity index (χ0v) is 11.7. The molecule has 0 aromatic heterocycles. The van der Waals surface area contributed by atoms with E-state index in [9.17, 15) is 0 Å². The van der Waals surface area contributed by atoms with Crippen molar-refractivity contribution in [2.24, 2.45) is 0 Å². The predicted octanol–water partition coefficient (Wildman–Crippen LogP) is 3.53. The third-order valence-electron chi connectivity index (χ3n) is 3.55. The van der Waals surface area contributed by atoms with Crippen molar-refractivity contribution in [3.8, 4) is 0 Å². The fourth-order valence-electron chi connectivity index (χ4n) is 2.36. The van der Waals surface area contributed by atoms with Crippen molar-refractivity contribution in [2.45, 2.75) is 65.0 Å². The molecule has 0 spiro atoms. The quantitative estimate of drug-likeness (QED) is 0.608. The molecule has 0 amide bonds. The Bertz CT molecular complexity index is 189. The van der Waals surface area contributed by atoms with E-state index in [0.717, 1.165) is 32.2 Å². The van der Waals surface area contributed by atoms with E-state index >= 15 is 0 Å². The molecular formula is C14H29NO. The Labute approximate surface area is 101 Å². The summed E-state index contributed by atoms with van der Waals surface area (Å²) in [6.07, 6.45) is 4.28. The summed E-state index contributed by atoms with van der Waals surface area (Å²) < 4.78 is 5.79. The van der Waals surface area contributed by atoms with Crippen LogP contribution in [0.15, 0.2) is 12.2 Å². The first-order chi connectivity index (χ1) is 7.56. The second kappa shape index (κ2) is 7.86. The van der Waals surface area contributed by atoms with Crippen LogP contribution in [0.2, 0.25) is 0 Å². The largest absolute Gasteiger partial charge is 0.377 e. The van der Waals surface area contributed by atoms with Crippen LogP contribution in [-0.2, 0) is 4.74 Å². The smallest absolute Gasteiger partial charge is 0.0825 e. The van der Waals surface area contributed by atoms with Crippen molar-refractivity contribution in [3.63, 3.8) is 0 Å². The van der Waals surface area contributed by atoms with Crippen LogP contribution in [-0.4, -0.2) is 25.3 Å². The molecule has 0 radical (unpaired) electrons. The minimum absolute atomic E-state index is 0.0224. The average Bonchev–Trinajstić information content (AvgIpc) is 2.28. The summed E-state index contributed by atoms with van der Waals surface area (Å²) in [5, 5.41) is 3.57. The third kappa shape index (κ3) is 4.26. The van der Waals surface area contributed by atoms with Gasteiger partial charge in [0.2, 0.25) is 0 Å². The maximum absolute atomic E-state index is 5.79. The van der Waals surface area contributed by atoms with Crippen LogP contribution in [0.1, 0.15) is 53.4 Å². The molecule has 0 rings (SSSR count). The maximum atomic E-state index is 5.79. The molecule has 1 atom stereocenters. The van der Waals surface area contributed by atoms with Crippen LogP contribution in [0.5, 0.6) is 0 Å². The lowest BCUT2D eigenvalue weighted by molar-refractivity contribution is -0.0489. The summed E-state index contributed by atoms with van der Waals surface area (Å²) in [6.45, 7) is 13.6. The zero-order chi connectivity index (χ0) is 12.6. The van der Waals surface area contributed by atoms with Crippen molar-refractivity contribution in [3.05, 3.63) is 12.2 Å². The number of ether oxygens (including phenoxy) is 1. The van der Waals surface area contributed by atoms with Gasteiger partial charge in [-0.05, 0) is 39.2 Å². The Morgan fingerprint density at radius 2 is 1.88 bits per heavy atom. The Morgan fingerprint density at radius 3 is 2.19 bits per heavy atom. The second-order valence-corrected chi connectivity index (χ2v) is 4.58. The molecule has 0 bridgehead atoms. The molecule has 0 aliphatic rings. The number of methoxy groups -OCH3 is 1. The van der Waals surface area contributed by atoms with Gasteiger partial charge >= 0.3 is 0 Å². The summed E-state index contributed by atoms with van der Waals surface area (Å²) in [5.74, 6) is 0. The highest BCUT2D eigenvalue weighted by Gasteiger charge is 2.34. The maximum Gasteiger partial charge on any atom is 0.0825 e. The lowest BCUT2D eigenvalue weighted by Crippen LogP contribution is -2.51. The fourth-order valence-corrected chi connectivity index (χ4v) is 2.36. The molecule has 0 saturated heterocycles. The number of nitrogens with one attached hydrogen (secondary N) is 1. The molecule has 0 aliphatic heterocycles. The van der Waals surface area contributed by atoms with Crippen LogP contribution in [0.4, 0.5) is 0 Å². The monoisotopic (exact) mass is 227 g/mol. The number of allylic oxidation sites excluding steroid dienone is 1. The minimum atomic E-state index is -0.0224. The summed E-state index contributed by atoms with van der Waals surface area (Å²) in [6, 6.07) is 0.425. The molecule has 0 fully saturated rings. The van der Waals surface area contributed by atoms with Crippen molar-refractivity contribution in [2.75, 3.05) is 13.7 Å². The topological polar surface area (TPSA) is 21.3 Å². The van der Waals surface area contributed by atoms with E-state index in [-0.39, 0.29) is 5.60 Å². The average molecular weight is 227 g/mol. The molecule has 1 N–H and O–H groups in total. The molecule has 2 heteroatoms. The van der Waals surface area contributed by atoms with Crippen molar-refractivity contribution >= 4 is 0 Å². The van der Waals surface area contributed by atoms with E-state index in [4.69, 9.17) is 4.74 Å². The Hall–Kier alpha value is -0.340. The lowest BCUT2D eigenvalue weighted by Gasteiger charge is -2.39. The molecule has 96 valence electrons. The van der Waals surface area contributed by atoms with Gasteiger partial charge in [0.1, 0.15) is 0 Å². The Morgan fingerprint density at radius 1 is 1.31 bits per heavy atom. The van der Waals surface area contributed by atoms with Crippen LogP contribution in [0, 0.1) is 0 Å². The standard InChI is InChI=1S/C14H29NO/c1-7-14(8-2,16-6)13(15-9-3)11-10-12(4)5/h13,15H,4,7-11H2,1-3,5-6H3. The van der Waals surface area contributed by atoms with Gasteiger partial charge in [0, 0.05) is 13.2 Å². The molecule has 0 heterocycles. The van der Waals surface area contributed by atoms with Crippen molar-refractivity contribution < 1.29 is 4.74 Å². The summed E-state index contributed by atoms with van der Waals surface area (Å²) >= 11 is 0. The lowest BCUT2D eigenvalue weighted by atomic mass is 9.84. The molecule has 0 aromatic rings. The van der Waals surface area contributed by atoms with E-state index in [0.29, 0.717) is 6.04 Å². The normalized spacial score (nSPS) is 13.8.